The topological polar surface area (TPSA) is 67.4 Å². The number of halogens is 4. The monoisotopic (exact) mass is 400 g/mol. The number of likely N-dealkylation sites (tertiary alicyclic amines) is 1. The Morgan fingerprint density at radius 3 is 2.59 bits per heavy atom. The van der Waals surface area contributed by atoms with Gasteiger partial charge in [0.15, 0.2) is 0 Å². The van der Waals surface area contributed by atoms with E-state index in [4.69, 9.17) is 11.6 Å². The minimum atomic E-state index is -4.69. The lowest BCUT2D eigenvalue weighted by atomic mass is 10.1. The summed E-state index contributed by atoms with van der Waals surface area (Å²) in [6.45, 7) is 1.43. The van der Waals surface area contributed by atoms with E-state index in [1.807, 2.05) is 12.1 Å². The maximum Gasteiger partial charge on any atom is 0.522 e. The second-order valence-corrected chi connectivity index (χ2v) is 6.53. The lowest BCUT2D eigenvalue weighted by Crippen LogP contribution is -2.59. The first-order valence-electron chi connectivity index (χ1n) is 8.09. The van der Waals surface area contributed by atoms with Gasteiger partial charge < -0.3 is 10.2 Å². The van der Waals surface area contributed by atoms with Gasteiger partial charge in [-0.2, -0.15) is 0 Å². The Hall–Kier alpha value is -2.39. The molecular formula is C17H16ClF3N4O2. The highest BCUT2D eigenvalue weighted by atomic mass is 35.5. The van der Waals surface area contributed by atoms with E-state index >= 15 is 0 Å². The quantitative estimate of drug-likeness (QED) is 0.833. The molecule has 1 atom stereocenters. The van der Waals surface area contributed by atoms with Crippen LogP contribution in [-0.2, 0) is 9.53 Å². The Bertz CT molecular complexity index is 811. The molecule has 1 aliphatic rings. The Morgan fingerprint density at radius 1 is 1.30 bits per heavy atom. The maximum atomic E-state index is 12.3. The van der Waals surface area contributed by atoms with Gasteiger partial charge in [0.25, 0.3) is 0 Å². The van der Waals surface area contributed by atoms with Crippen molar-refractivity contribution in [3.8, 4) is 11.3 Å². The van der Waals surface area contributed by atoms with Crippen molar-refractivity contribution in [3.05, 3.63) is 41.7 Å². The number of amides is 1. The fraction of sp³-hybridized carbons (Fsp3) is 0.353. The number of nitrogens with zero attached hydrogens (tertiary/aromatic N) is 3. The number of alkyl halides is 3. The smallest absolute Gasteiger partial charge is 0.359 e. The lowest BCUT2D eigenvalue weighted by molar-refractivity contribution is -0.353. The number of hydrogen-bond acceptors (Lipinski definition) is 5. The number of carbonyl (C=O) groups excluding carboxylic acids is 1. The molecule has 10 heteroatoms. The Balaban J connectivity index is 1.58. The summed E-state index contributed by atoms with van der Waals surface area (Å²) in [7, 11) is 0. The Labute approximate surface area is 158 Å². The van der Waals surface area contributed by atoms with Crippen LogP contribution >= 0.6 is 11.6 Å². The van der Waals surface area contributed by atoms with Crippen LogP contribution < -0.4 is 5.32 Å². The van der Waals surface area contributed by atoms with Crippen molar-refractivity contribution in [2.45, 2.75) is 25.4 Å². The first-order valence-corrected chi connectivity index (χ1v) is 8.47. The van der Waals surface area contributed by atoms with Crippen LogP contribution in [0.4, 0.5) is 19.0 Å². The molecule has 1 aromatic carbocycles. The molecule has 0 bridgehead atoms. The summed E-state index contributed by atoms with van der Waals surface area (Å²) >= 11 is 5.87. The zero-order valence-electron chi connectivity index (χ0n) is 14.2. The minimum Gasteiger partial charge on any atom is -0.359 e. The maximum absolute atomic E-state index is 12.3. The molecular weight excluding hydrogens is 385 g/mol. The van der Waals surface area contributed by atoms with Crippen molar-refractivity contribution in [1.29, 1.82) is 0 Å². The summed E-state index contributed by atoms with van der Waals surface area (Å²) in [5.74, 6) is 0.100. The molecule has 0 radical (unpaired) electrons. The summed E-state index contributed by atoms with van der Waals surface area (Å²) in [5.41, 5.74) is 1.48. The largest absolute Gasteiger partial charge is 0.522 e. The summed E-state index contributed by atoms with van der Waals surface area (Å²) in [4.78, 5) is 21.9. The van der Waals surface area contributed by atoms with Crippen molar-refractivity contribution in [3.63, 3.8) is 0 Å². The summed E-state index contributed by atoms with van der Waals surface area (Å²) in [5, 5.41) is 3.55. The SMILES string of the molecule is C[C@@H](Nc1cc(-c2ccc(Cl)cc2)ncn1)C(=O)N1CC(OC(F)(F)F)C1. The van der Waals surface area contributed by atoms with Gasteiger partial charge in [0.2, 0.25) is 5.91 Å². The van der Waals surface area contributed by atoms with Gasteiger partial charge in [-0.3, -0.25) is 9.53 Å². The highest BCUT2D eigenvalue weighted by molar-refractivity contribution is 6.30. The highest BCUT2D eigenvalue weighted by Crippen LogP contribution is 2.25. The minimum absolute atomic E-state index is 0.0931. The number of hydrogen-bond donors (Lipinski definition) is 1. The third-order valence-electron chi connectivity index (χ3n) is 4.00. The number of aromatic nitrogens is 2. The van der Waals surface area contributed by atoms with Crippen LogP contribution in [0.25, 0.3) is 11.3 Å². The van der Waals surface area contributed by atoms with Gasteiger partial charge in [0.1, 0.15) is 24.3 Å². The molecule has 27 heavy (non-hydrogen) atoms. The molecule has 2 heterocycles. The van der Waals surface area contributed by atoms with Gasteiger partial charge in [0, 0.05) is 29.7 Å². The van der Waals surface area contributed by atoms with E-state index in [0.29, 0.717) is 16.5 Å². The summed E-state index contributed by atoms with van der Waals surface area (Å²) in [6, 6.07) is 8.11. The predicted octanol–water partition coefficient (Wildman–Crippen LogP) is 3.34. The van der Waals surface area contributed by atoms with Gasteiger partial charge in [-0.1, -0.05) is 23.7 Å². The van der Waals surface area contributed by atoms with Crippen molar-refractivity contribution in [2.75, 3.05) is 18.4 Å². The molecule has 0 spiro atoms. The molecule has 1 amide bonds. The molecule has 0 aliphatic carbocycles. The van der Waals surface area contributed by atoms with Crippen LogP contribution in [0.2, 0.25) is 5.02 Å². The second kappa shape index (κ2) is 7.69. The van der Waals surface area contributed by atoms with Gasteiger partial charge in [-0.15, -0.1) is 13.2 Å². The fourth-order valence-electron chi connectivity index (χ4n) is 2.65. The molecule has 3 rings (SSSR count). The molecule has 1 aliphatic heterocycles. The first kappa shape index (κ1) is 19.4. The second-order valence-electron chi connectivity index (χ2n) is 6.09. The van der Waals surface area contributed by atoms with Crippen molar-refractivity contribution >= 4 is 23.3 Å². The van der Waals surface area contributed by atoms with Crippen LogP contribution in [0.1, 0.15) is 6.92 Å². The number of carbonyl (C=O) groups is 1. The number of anilines is 1. The van der Waals surface area contributed by atoms with Crippen LogP contribution in [0.3, 0.4) is 0 Å². The van der Waals surface area contributed by atoms with E-state index in [2.05, 4.69) is 20.0 Å². The Morgan fingerprint density at radius 2 is 1.96 bits per heavy atom. The molecule has 6 nitrogen and oxygen atoms in total. The molecule has 1 fully saturated rings. The van der Waals surface area contributed by atoms with Gasteiger partial charge in [0.05, 0.1) is 5.69 Å². The molecule has 0 saturated carbocycles. The molecule has 0 unspecified atom stereocenters. The van der Waals surface area contributed by atoms with E-state index in [9.17, 15) is 18.0 Å². The van der Waals surface area contributed by atoms with Crippen LogP contribution in [0.5, 0.6) is 0 Å². The number of benzene rings is 1. The third kappa shape index (κ3) is 5.08. The highest BCUT2D eigenvalue weighted by Gasteiger charge is 2.41. The van der Waals surface area contributed by atoms with Gasteiger partial charge in [-0.05, 0) is 19.1 Å². The molecule has 2 aromatic rings. The number of rotatable bonds is 5. The van der Waals surface area contributed by atoms with E-state index in [1.165, 1.54) is 11.2 Å². The van der Waals surface area contributed by atoms with Gasteiger partial charge >= 0.3 is 6.36 Å². The molecule has 1 aromatic heterocycles. The summed E-state index contributed by atoms with van der Waals surface area (Å²) in [6.07, 6.45) is -4.35. The number of nitrogens with one attached hydrogen (secondary N) is 1. The van der Waals surface area contributed by atoms with Crippen LogP contribution in [-0.4, -0.2) is 52.4 Å². The normalized spacial score (nSPS) is 16.0. The fourth-order valence-corrected chi connectivity index (χ4v) is 2.78. The third-order valence-corrected chi connectivity index (χ3v) is 4.25. The van der Waals surface area contributed by atoms with E-state index in [0.717, 1.165) is 5.56 Å². The average Bonchev–Trinajstić information content (AvgIpc) is 2.57. The standard InChI is InChI=1S/C17H16ClF3N4O2/c1-10(16(26)25-7-13(8-25)27-17(19,20)21)24-15-6-14(22-9-23-15)11-2-4-12(18)5-3-11/h2-6,9-10,13H,7-8H2,1H3,(H,22,23,24)/t10-/m1/s1. The Kier molecular flexibility index (Phi) is 5.52. The predicted molar refractivity (Wildman–Crippen MR) is 93.1 cm³/mol. The molecule has 144 valence electrons. The van der Waals surface area contributed by atoms with Crippen molar-refractivity contribution in [1.82, 2.24) is 14.9 Å². The van der Waals surface area contributed by atoms with Gasteiger partial charge in [-0.25, -0.2) is 9.97 Å². The average molecular weight is 401 g/mol. The van der Waals surface area contributed by atoms with E-state index in [-0.39, 0.29) is 19.0 Å². The van der Waals surface area contributed by atoms with Crippen molar-refractivity contribution in [2.24, 2.45) is 0 Å². The number of ether oxygens (including phenoxy) is 1. The van der Waals surface area contributed by atoms with Crippen molar-refractivity contribution < 1.29 is 22.7 Å². The lowest BCUT2D eigenvalue weighted by Gasteiger charge is -2.40. The van der Waals surface area contributed by atoms with Crippen LogP contribution in [0.15, 0.2) is 36.7 Å². The molecule has 1 N–H and O–H groups in total. The zero-order valence-corrected chi connectivity index (χ0v) is 15.0. The zero-order chi connectivity index (χ0) is 19.6. The first-order chi connectivity index (χ1) is 12.7. The van der Waals surface area contributed by atoms with Crippen LogP contribution in [0, 0.1) is 0 Å². The van der Waals surface area contributed by atoms with E-state index in [1.54, 1.807) is 25.1 Å². The van der Waals surface area contributed by atoms with E-state index < -0.39 is 18.5 Å². The molecule has 1 saturated heterocycles. The summed E-state index contributed by atoms with van der Waals surface area (Å²) < 4.78 is 40.3.